The number of hydrogen-bond donors (Lipinski definition) is 2. The molecule has 0 aromatic heterocycles. The molecule has 0 amide bonds. The Hall–Kier alpha value is -1.19. The molecule has 0 aromatic rings. The Morgan fingerprint density at radius 1 is 1.56 bits per heavy atom. The highest BCUT2D eigenvalue weighted by molar-refractivity contribution is 6.65. The van der Waals surface area contributed by atoms with E-state index >= 15 is 0 Å². The number of hydrogen-bond acceptors (Lipinski definition) is 4. The molecule has 0 saturated heterocycles. The Labute approximate surface area is 52.7 Å². The molecule has 0 atom stereocenters. The summed E-state index contributed by atoms with van der Waals surface area (Å²) in [5.41, 5.74) is -0.208. The van der Waals surface area contributed by atoms with Crippen LogP contribution in [-0.2, 0) is 4.79 Å². The van der Waals surface area contributed by atoms with Crippen LogP contribution in [0.15, 0.2) is 5.16 Å². The average Bonchev–Trinajstić information content (AvgIpc) is 1.64. The molecule has 50 valence electrons. The van der Waals surface area contributed by atoms with Crippen LogP contribution in [0.3, 0.4) is 0 Å². The fraction of sp³-hybridized carbons (Fsp3) is 0.400. The van der Waals surface area contributed by atoms with Crippen molar-refractivity contribution >= 4 is 17.2 Å². The predicted octanol–water partition coefficient (Wildman–Crippen LogP) is 0.445. The van der Waals surface area contributed by atoms with Gasteiger partial charge in [-0.2, -0.15) is 0 Å². The highest BCUT2D eigenvalue weighted by Crippen LogP contribution is 1.81. The van der Waals surface area contributed by atoms with E-state index in [1.54, 1.807) is 0 Å². The molecule has 0 aromatic carbocycles. The topological polar surface area (TPSA) is 73.5 Å². The molecule has 2 N–H and O–H groups in total. The van der Waals surface area contributed by atoms with Crippen LogP contribution in [0.25, 0.3) is 0 Å². The fourth-order valence-corrected chi connectivity index (χ4v) is 0.409. The standard InChI is InChI=1S/C5H8N2O2/c1-3(6)5(7-9)4(2)8/h6,9H,1-2H3. The van der Waals surface area contributed by atoms with E-state index in [1.165, 1.54) is 13.8 Å². The lowest BCUT2D eigenvalue weighted by Gasteiger charge is -1.92. The molecule has 4 heteroatoms. The third-order valence-electron chi connectivity index (χ3n) is 0.789. The smallest absolute Gasteiger partial charge is 0.183 e. The van der Waals surface area contributed by atoms with E-state index in [4.69, 9.17) is 10.6 Å². The number of carbonyl (C=O) groups is 1. The van der Waals surface area contributed by atoms with Gasteiger partial charge < -0.3 is 10.6 Å². The van der Waals surface area contributed by atoms with Crippen LogP contribution in [0.5, 0.6) is 0 Å². The zero-order chi connectivity index (χ0) is 7.44. The molecule has 0 aliphatic heterocycles. The first-order valence-electron chi connectivity index (χ1n) is 2.38. The van der Waals surface area contributed by atoms with Gasteiger partial charge in [0.15, 0.2) is 11.5 Å². The van der Waals surface area contributed by atoms with Gasteiger partial charge in [-0.1, -0.05) is 5.16 Å². The Morgan fingerprint density at radius 3 is 2.00 bits per heavy atom. The zero-order valence-electron chi connectivity index (χ0n) is 5.30. The van der Waals surface area contributed by atoms with E-state index in [0.717, 1.165) is 0 Å². The normalized spacial score (nSPS) is 11.1. The van der Waals surface area contributed by atoms with Crippen LogP contribution in [0, 0.1) is 5.41 Å². The summed E-state index contributed by atoms with van der Waals surface area (Å²) in [5.74, 6) is -0.398. The number of rotatable bonds is 2. The maximum atomic E-state index is 10.4. The van der Waals surface area contributed by atoms with Crippen molar-refractivity contribution in [2.75, 3.05) is 0 Å². The second-order valence-corrected chi connectivity index (χ2v) is 1.63. The largest absolute Gasteiger partial charge is 0.410 e. The number of ketones is 1. The molecule has 0 aliphatic rings. The first-order valence-corrected chi connectivity index (χ1v) is 2.38. The summed E-state index contributed by atoms with van der Waals surface area (Å²) < 4.78 is 0. The minimum absolute atomic E-state index is 0.0231. The number of oxime groups is 1. The van der Waals surface area contributed by atoms with Crippen molar-refractivity contribution in [2.45, 2.75) is 13.8 Å². The number of nitrogens with one attached hydrogen (secondary N) is 1. The van der Waals surface area contributed by atoms with Crippen LogP contribution >= 0.6 is 0 Å². The molecule has 0 aliphatic carbocycles. The van der Waals surface area contributed by atoms with Crippen LogP contribution in [0.1, 0.15) is 13.8 Å². The molecule has 4 nitrogen and oxygen atoms in total. The minimum atomic E-state index is -0.398. The molecule has 9 heavy (non-hydrogen) atoms. The maximum Gasteiger partial charge on any atom is 0.183 e. The highest BCUT2D eigenvalue weighted by Gasteiger charge is 2.07. The van der Waals surface area contributed by atoms with Crippen LogP contribution in [0.2, 0.25) is 0 Å². The molecule has 0 heterocycles. The quantitative estimate of drug-likeness (QED) is 0.322. The molecular formula is C5H8N2O2. The highest BCUT2D eigenvalue weighted by atomic mass is 16.4. The van der Waals surface area contributed by atoms with E-state index < -0.39 is 5.78 Å². The first kappa shape index (κ1) is 7.81. The van der Waals surface area contributed by atoms with Gasteiger partial charge >= 0.3 is 0 Å². The number of nitrogens with zero attached hydrogens (tertiary/aromatic N) is 1. The number of carbonyl (C=O) groups excluding carboxylic acids is 1. The lowest BCUT2D eigenvalue weighted by Crippen LogP contribution is -2.17. The minimum Gasteiger partial charge on any atom is -0.410 e. The Morgan fingerprint density at radius 2 is 2.00 bits per heavy atom. The Kier molecular flexibility index (Phi) is 2.57. The average molecular weight is 128 g/mol. The Balaban J connectivity index is 4.38. The van der Waals surface area contributed by atoms with Crippen LogP contribution in [0.4, 0.5) is 0 Å². The van der Waals surface area contributed by atoms with Crippen molar-refractivity contribution < 1.29 is 10.0 Å². The molecule has 0 unspecified atom stereocenters. The summed E-state index contributed by atoms with van der Waals surface area (Å²) in [6.45, 7) is 2.63. The van der Waals surface area contributed by atoms with Gasteiger partial charge in [-0.25, -0.2) is 0 Å². The summed E-state index contributed by atoms with van der Waals surface area (Å²) in [6, 6.07) is 0. The van der Waals surface area contributed by atoms with Gasteiger partial charge in [0.1, 0.15) is 0 Å². The summed E-state index contributed by atoms with van der Waals surface area (Å²) in [5, 5.41) is 17.6. The lowest BCUT2D eigenvalue weighted by atomic mass is 10.2. The summed E-state index contributed by atoms with van der Waals surface area (Å²) in [6.07, 6.45) is 0. The maximum absolute atomic E-state index is 10.4. The molecular weight excluding hydrogens is 120 g/mol. The van der Waals surface area contributed by atoms with Crippen LogP contribution < -0.4 is 0 Å². The van der Waals surface area contributed by atoms with Gasteiger partial charge in [0.05, 0.1) is 5.71 Å². The second-order valence-electron chi connectivity index (χ2n) is 1.63. The van der Waals surface area contributed by atoms with Gasteiger partial charge in [0, 0.05) is 6.92 Å². The van der Waals surface area contributed by atoms with Crippen LogP contribution in [-0.4, -0.2) is 22.4 Å². The van der Waals surface area contributed by atoms with Crippen molar-refractivity contribution in [2.24, 2.45) is 5.16 Å². The van der Waals surface area contributed by atoms with Crippen molar-refractivity contribution in [1.82, 2.24) is 0 Å². The Bertz CT molecular complexity index is 156. The number of Topliss-reactive ketones (excluding diaryl/α,β-unsaturated/α-hetero) is 1. The van der Waals surface area contributed by atoms with E-state index in [0.29, 0.717) is 0 Å². The summed E-state index contributed by atoms with van der Waals surface area (Å²) in [7, 11) is 0. The first-order chi connectivity index (χ1) is 4.09. The third-order valence-corrected chi connectivity index (χ3v) is 0.789. The van der Waals surface area contributed by atoms with Gasteiger partial charge in [-0.15, -0.1) is 0 Å². The van der Waals surface area contributed by atoms with E-state index in [1.807, 2.05) is 0 Å². The van der Waals surface area contributed by atoms with E-state index in [-0.39, 0.29) is 11.4 Å². The monoisotopic (exact) mass is 128 g/mol. The molecule has 0 spiro atoms. The van der Waals surface area contributed by atoms with Gasteiger partial charge in [0.2, 0.25) is 0 Å². The fourth-order valence-electron chi connectivity index (χ4n) is 0.409. The van der Waals surface area contributed by atoms with Gasteiger partial charge in [-0.3, -0.25) is 4.79 Å². The molecule has 0 saturated carbocycles. The van der Waals surface area contributed by atoms with E-state index in [2.05, 4.69) is 5.16 Å². The van der Waals surface area contributed by atoms with Crippen molar-refractivity contribution in [3.8, 4) is 0 Å². The molecule has 0 bridgehead atoms. The molecule has 0 fully saturated rings. The summed E-state index contributed by atoms with van der Waals surface area (Å²) in [4.78, 5) is 10.4. The van der Waals surface area contributed by atoms with Crippen molar-refractivity contribution in [3.05, 3.63) is 0 Å². The summed E-state index contributed by atoms with van der Waals surface area (Å²) >= 11 is 0. The second kappa shape index (κ2) is 2.96. The van der Waals surface area contributed by atoms with Gasteiger partial charge in [0.25, 0.3) is 0 Å². The van der Waals surface area contributed by atoms with E-state index in [9.17, 15) is 4.79 Å². The zero-order valence-corrected chi connectivity index (χ0v) is 5.30. The van der Waals surface area contributed by atoms with Crippen molar-refractivity contribution in [3.63, 3.8) is 0 Å². The SMILES string of the molecule is CC(=N)C(=NO)C(C)=O. The van der Waals surface area contributed by atoms with Crippen molar-refractivity contribution in [1.29, 1.82) is 5.41 Å². The molecule has 0 rings (SSSR count). The predicted molar refractivity (Wildman–Crippen MR) is 33.3 cm³/mol. The van der Waals surface area contributed by atoms with Gasteiger partial charge in [-0.05, 0) is 6.92 Å². The molecule has 0 radical (unpaired) electrons. The third kappa shape index (κ3) is 2.03. The lowest BCUT2D eigenvalue weighted by molar-refractivity contribution is -0.111.